The Labute approximate surface area is 323 Å². The van der Waals surface area contributed by atoms with E-state index in [1.165, 1.54) is 23.5 Å². The minimum Gasteiger partial charge on any atom is -0.347 e. The van der Waals surface area contributed by atoms with Gasteiger partial charge in [-0.15, -0.1) is 0 Å². The monoisotopic (exact) mass is 765 g/mol. The maximum Gasteiger partial charge on any atom is 0.289 e. The van der Waals surface area contributed by atoms with Gasteiger partial charge in [0.05, 0.1) is 25.3 Å². The molecule has 4 fully saturated rings. The minimum atomic E-state index is -1.15. The molecule has 1 aromatic heterocycles. The van der Waals surface area contributed by atoms with E-state index in [1.807, 2.05) is 46.4 Å². The Morgan fingerprint density at radius 3 is 2.22 bits per heavy atom. The maximum atomic E-state index is 15.1. The third-order valence-corrected chi connectivity index (χ3v) is 11.6. The van der Waals surface area contributed by atoms with Gasteiger partial charge in [0.15, 0.2) is 0 Å². The van der Waals surface area contributed by atoms with Crippen LogP contribution in [0.5, 0.6) is 0 Å². The van der Waals surface area contributed by atoms with Gasteiger partial charge in [-0.1, -0.05) is 60.3 Å². The molecule has 16 nitrogen and oxygen atoms in total. The summed E-state index contributed by atoms with van der Waals surface area (Å²) in [5, 5.41) is 11.4. The molecule has 6 amide bonds. The lowest BCUT2D eigenvalue weighted by molar-refractivity contribution is -0.145. The Hall–Kier alpha value is -4.47. The highest BCUT2D eigenvalue weighted by molar-refractivity contribution is 6.38. The Morgan fingerprint density at radius 2 is 1.64 bits per heavy atom. The SMILES string of the molecule is CCC[C@H](NC(=O)[C@@H]1CC2(CN1C(=O)[C@@H](NC(=O)[C@@H](NC(=O)c1cnccn1)C1CCCCC1)C(C)(C)C)N(CC)CC(=O)N2CC)C(=O)C(=O)NC1CC1. The zero-order chi connectivity index (χ0) is 40.1. The molecule has 5 rings (SSSR count). The number of hydrogen-bond donors (Lipinski definition) is 4. The van der Waals surface area contributed by atoms with Crippen LogP contribution in [0.1, 0.15) is 116 Å². The molecule has 2 aliphatic carbocycles. The number of hydrogen-bond acceptors (Lipinski definition) is 10. The number of Topliss-reactive ketones (excluding diaryl/α,β-unsaturated/α-hetero) is 1. The second-order valence-corrected chi connectivity index (χ2v) is 16.5. The topological polar surface area (TPSA) is 203 Å². The van der Waals surface area contributed by atoms with Crippen molar-refractivity contribution in [3.8, 4) is 0 Å². The smallest absolute Gasteiger partial charge is 0.289 e. The number of likely N-dealkylation sites (N-methyl/N-ethyl adjacent to an activating group) is 2. The van der Waals surface area contributed by atoms with Crippen molar-refractivity contribution >= 4 is 41.2 Å². The van der Waals surface area contributed by atoms with Crippen molar-refractivity contribution in [2.75, 3.05) is 26.2 Å². The third-order valence-electron chi connectivity index (χ3n) is 11.6. The zero-order valence-corrected chi connectivity index (χ0v) is 33.2. The quantitative estimate of drug-likeness (QED) is 0.189. The second-order valence-electron chi connectivity index (χ2n) is 16.5. The van der Waals surface area contributed by atoms with Gasteiger partial charge in [0.1, 0.15) is 29.5 Å². The fourth-order valence-corrected chi connectivity index (χ4v) is 8.44. The van der Waals surface area contributed by atoms with Crippen LogP contribution in [0.25, 0.3) is 0 Å². The van der Waals surface area contributed by atoms with Gasteiger partial charge in [0, 0.05) is 31.4 Å². The molecular weight excluding hydrogens is 706 g/mol. The highest BCUT2D eigenvalue weighted by Crippen LogP contribution is 2.41. The molecule has 5 atom stereocenters. The first kappa shape index (κ1) is 41.7. The van der Waals surface area contributed by atoms with Crippen molar-refractivity contribution in [1.29, 1.82) is 0 Å². The normalized spacial score (nSPS) is 23.6. The van der Waals surface area contributed by atoms with Crippen LogP contribution >= 0.6 is 0 Å². The summed E-state index contributed by atoms with van der Waals surface area (Å²) in [6.07, 6.45) is 10.8. The average Bonchev–Trinajstić information content (AvgIpc) is 3.83. The zero-order valence-electron chi connectivity index (χ0n) is 33.2. The van der Waals surface area contributed by atoms with Crippen LogP contribution in [0.3, 0.4) is 0 Å². The molecule has 0 bridgehead atoms. The molecule has 16 heteroatoms. The van der Waals surface area contributed by atoms with Crippen LogP contribution in [0.15, 0.2) is 18.6 Å². The molecule has 3 heterocycles. The van der Waals surface area contributed by atoms with Crippen molar-refractivity contribution in [1.82, 2.24) is 45.9 Å². The summed E-state index contributed by atoms with van der Waals surface area (Å²) in [7, 11) is 0. The van der Waals surface area contributed by atoms with E-state index in [2.05, 4.69) is 31.2 Å². The van der Waals surface area contributed by atoms with Gasteiger partial charge >= 0.3 is 0 Å². The van der Waals surface area contributed by atoms with Crippen LogP contribution < -0.4 is 21.3 Å². The number of nitrogens with one attached hydrogen (secondary N) is 4. The van der Waals surface area contributed by atoms with Crippen molar-refractivity contribution in [3.63, 3.8) is 0 Å². The lowest BCUT2D eigenvalue weighted by Crippen LogP contribution is -2.62. The molecule has 2 saturated carbocycles. The number of amides is 6. The first-order valence-corrected chi connectivity index (χ1v) is 20.0. The van der Waals surface area contributed by atoms with E-state index in [0.29, 0.717) is 32.4 Å². The Balaban J connectivity index is 1.46. The van der Waals surface area contributed by atoms with Crippen molar-refractivity contribution in [2.24, 2.45) is 11.3 Å². The highest BCUT2D eigenvalue weighted by atomic mass is 16.2. The van der Waals surface area contributed by atoms with Gasteiger partial charge in [-0.2, -0.15) is 0 Å². The van der Waals surface area contributed by atoms with Gasteiger partial charge < -0.3 is 31.1 Å². The molecule has 4 aliphatic rings. The van der Waals surface area contributed by atoms with E-state index in [0.717, 1.165) is 32.1 Å². The van der Waals surface area contributed by atoms with Crippen molar-refractivity contribution in [2.45, 2.75) is 142 Å². The molecular formula is C39H59N9O7. The molecule has 55 heavy (non-hydrogen) atoms. The summed E-state index contributed by atoms with van der Waals surface area (Å²) in [5.74, 6) is -4.01. The van der Waals surface area contributed by atoms with E-state index in [-0.39, 0.29) is 49.5 Å². The van der Waals surface area contributed by atoms with Gasteiger partial charge in [-0.05, 0) is 56.9 Å². The summed E-state index contributed by atoms with van der Waals surface area (Å²) < 4.78 is 0. The number of nitrogens with zero attached hydrogens (tertiary/aromatic N) is 5. The number of likely N-dealkylation sites (tertiary alicyclic amines) is 1. The number of ketones is 1. The first-order valence-electron chi connectivity index (χ1n) is 20.0. The molecule has 1 spiro atoms. The van der Waals surface area contributed by atoms with E-state index in [4.69, 9.17) is 0 Å². The molecule has 1 aromatic rings. The number of aromatic nitrogens is 2. The number of carbonyl (C=O) groups excluding carboxylic acids is 7. The third kappa shape index (κ3) is 9.33. The fraction of sp³-hybridized carbons (Fsp3) is 0.718. The molecule has 4 N–H and O–H groups in total. The van der Waals surface area contributed by atoms with Crippen LogP contribution in [0.2, 0.25) is 0 Å². The molecule has 0 radical (unpaired) electrons. The minimum absolute atomic E-state index is 0.0101. The van der Waals surface area contributed by atoms with Crippen molar-refractivity contribution in [3.05, 3.63) is 24.3 Å². The lowest BCUT2D eigenvalue weighted by atomic mass is 9.82. The van der Waals surface area contributed by atoms with E-state index >= 15 is 4.79 Å². The molecule has 302 valence electrons. The predicted molar refractivity (Wildman–Crippen MR) is 202 cm³/mol. The van der Waals surface area contributed by atoms with Crippen LogP contribution in [0.4, 0.5) is 0 Å². The maximum absolute atomic E-state index is 15.1. The van der Waals surface area contributed by atoms with Gasteiger partial charge in [-0.3, -0.25) is 43.4 Å². The van der Waals surface area contributed by atoms with Gasteiger partial charge in [0.2, 0.25) is 29.4 Å². The summed E-state index contributed by atoms with van der Waals surface area (Å²) in [6.45, 7) is 12.0. The summed E-state index contributed by atoms with van der Waals surface area (Å²) in [5.41, 5.74) is -1.81. The predicted octanol–water partition coefficient (Wildman–Crippen LogP) is 1.30. The standard InChI is InChI=1S/C39H59N9O7/c1-7-13-26(31(50)36(54)42-25-16-17-25)43-34(52)28-20-39(46(8-2)22-29(49)48(39)9-3)23-47(28)37(55)32(38(4,5)6)45-35(53)30(24-14-11-10-12-15-24)44-33(51)27-21-40-18-19-41-27/h18-19,21,24-26,28,30,32H,7-17,20,22-23H2,1-6H3,(H,42,54)(H,43,52)(H,44,51)(H,45,53)/t26-,28-,30-,32+,39?/m0/s1. The summed E-state index contributed by atoms with van der Waals surface area (Å²) in [6, 6.07) is -4.39. The van der Waals surface area contributed by atoms with E-state index < -0.39 is 70.6 Å². The van der Waals surface area contributed by atoms with Gasteiger partial charge in [-0.25, -0.2) is 4.98 Å². The Bertz CT molecular complexity index is 1610. The molecule has 1 unspecified atom stereocenters. The summed E-state index contributed by atoms with van der Waals surface area (Å²) in [4.78, 5) is 110. The number of rotatable bonds is 15. The Kier molecular flexibility index (Phi) is 13.3. The highest BCUT2D eigenvalue weighted by Gasteiger charge is 2.60. The van der Waals surface area contributed by atoms with Crippen LogP contribution in [-0.2, 0) is 28.8 Å². The lowest BCUT2D eigenvalue weighted by Gasteiger charge is -2.40. The van der Waals surface area contributed by atoms with Crippen LogP contribution in [-0.4, -0.2) is 128 Å². The summed E-state index contributed by atoms with van der Waals surface area (Å²) >= 11 is 0. The van der Waals surface area contributed by atoms with Crippen LogP contribution in [0, 0.1) is 11.3 Å². The van der Waals surface area contributed by atoms with Gasteiger partial charge in [0.25, 0.3) is 11.8 Å². The average molecular weight is 766 g/mol. The first-order chi connectivity index (χ1) is 26.1. The largest absolute Gasteiger partial charge is 0.347 e. The second kappa shape index (κ2) is 17.5. The van der Waals surface area contributed by atoms with E-state index in [9.17, 15) is 28.8 Å². The number of carbonyl (C=O) groups is 7. The Morgan fingerprint density at radius 1 is 0.927 bits per heavy atom. The van der Waals surface area contributed by atoms with E-state index in [1.54, 1.807) is 4.90 Å². The molecule has 0 aromatic carbocycles. The molecule has 2 aliphatic heterocycles. The fourth-order valence-electron chi connectivity index (χ4n) is 8.44. The van der Waals surface area contributed by atoms with Crippen molar-refractivity contribution < 1.29 is 33.6 Å². The molecule has 2 saturated heterocycles.